The molecule has 1 saturated carbocycles. The van der Waals surface area contributed by atoms with E-state index in [4.69, 9.17) is 5.73 Å². The van der Waals surface area contributed by atoms with E-state index in [0.29, 0.717) is 17.6 Å². The molecule has 0 amide bonds. The molecule has 0 spiro atoms. The van der Waals surface area contributed by atoms with E-state index >= 15 is 0 Å². The van der Waals surface area contributed by atoms with E-state index < -0.39 is 0 Å². The quantitative estimate of drug-likeness (QED) is 0.782. The molecule has 2 unspecified atom stereocenters. The maximum atomic E-state index is 11.3. The average molecular weight is 234 g/mol. The van der Waals surface area contributed by atoms with Gasteiger partial charge < -0.3 is 15.8 Å². The fourth-order valence-corrected chi connectivity index (χ4v) is 2.20. The number of carbonyl (C=O) groups is 1. The summed E-state index contributed by atoms with van der Waals surface area (Å²) in [6.07, 6.45) is 3.20. The Labute approximate surface area is 101 Å². The molecule has 0 heterocycles. The van der Waals surface area contributed by atoms with E-state index in [9.17, 15) is 4.79 Å². The molecule has 0 aromatic heterocycles. The maximum absolute atomic E-state index is 11.3. The number of nitrogens with one attached hydrogen (secondary N) is 1. The summed E-state index contributed by atoms with van der Waals surface area (Å²) in [4.78, 5) is 11.3. The van der Waals surface area contributed by atoms with E-state index in [2.05, 4.69) is 10.1 Å². The number of anilines is 1. The Morgan fingerprint density at radius 1 is 1.35 bits per heavy atom. The van der Waals surface area contributed by atoms with Crippen molar-refractivity contribution >= 4 is 11.7 Å². The van der Waals surface area contributed by atoms with Crippen LogP contribution >= 0.6 is 0 Å². The van der Waals surface area contributed by atoms with Gasteiger partial charge in [0.25, 0.3) is 0 Å². The number of esters is 1. The minimum Gasteiger partial charge on any atom is -0.465 e. The van der Waals surface area contributed by atoms with Gasteiger partial charge in [-0.25, -0.2) is 4.79 Å². The fourth-order valence-electron chi connectivity index (χ4n) is 2.20. The molecule has 4 heteroatoms. The van der Waals surface area contributed by atoms with Crippen molar-refractivity contribution in [2.24, 2.45) is 5.73 Å². The summed E-state index contributed by atoms with van der Waals surface area (Å²) >= 11 is 0. The second kappa shape index (κ2) is 5.19. The van der Waals surface area contributed by atoms with E-state index in [1.807, 2.05) is 12.1 Å². The summed E-state index contributed by atoms with van der Waals surface area (Å²) in [5.74, 6) is -0.306. The predicted molar refractivity (Wildman–Crippen MR) is 67.0 cm³/mol. The lowest BCUT2D eigenvalue weighted by atomic mass is 10.2. The first kappa shape index (κ1) is 11.9. The second-order valence-electron chi connectivity index (χ2n) is 4.48. The number of methoxy groups -OCH3 is 1. The lowest BCUT2D eigenvalue weighted by molar-refractivity contribution is 0.0601. The molecule has 1 aliphatic carbocycles. The molecule has 92 valence electrons. The first-order valence-corrected chi connectivity index (χ1v) is 5.89. The van der Waals surface area contributed by atoms with E-state index in [1.54, 1.807) is 12.1 Å². The van der Waals surface area contributed by atoms with Crippen LogP contribution in [0.3, 0.4) is 0 Å². The number of hydrogen-bond donors (Lipinski definition) is 2. The van der Waals surface area contributed by atoms with Gasteiger partial charge in [0.1, 0.15) is 0 Å². The van der Waals surface area contributed by atoms with E-state index in [-0.39, 0.29) is 5.97 Å². The topological polar surface area (TPSA) is 64.3 Å². The molecule has 0 bridgehead atoms. The smallest absolute Gasteiger partial charge is 0.337 e. The maximum Gasteiger partial charge on any atom is 0.337 e. The summed E-state index contributed by atoms with van der Waals surface area (Å²) in [6, 6.07) is 8.11. The molecule has 3 N–H and O–H groups in total. The summed E-state index contributed by atoms with van der Waals surface area (Å²) in [5.41, 5.74) is 7.45. The molecule has 0 aliphatic heterocycles. The van der Waals surface area contributed by atoms with Crippen molar-refractivity contribution in [1.82, 2.24) is 0 Å². The van der Waals surface area contributed by atoms with Gasteiger partial charge in [-0.3, -0.25) is 0 Å². The Kier molecular flexibility index (Phi) is 3.64. The largest absolute Gasteiger partial charge is 0.465 e. The third-order valence-electron chi connectivity index (χ3n) is 3.15. The number of nitrogens with two attached hydrogens (primary N) is 1. The Morgan fingerprint density at radius 3 is 2.59 bits per heavy atom. The lowest BCUT2D eigenvalue weighted by Gasteiger charge is -2.14. The first-order valence-electron chi connectivity index (χ1n) is 5.89. The fraction of sp³-hybridized carbons (Fsp3) is 0.462. The van der Waals surface area contributed by atoms with Crippen LogP contribution in [0, 0.1) is 0 Å². The summed E-state index contributed by atoms with van der Waals surface area (Å²) < 4.78 is 4.65. The molecular formula is C13H18N2O2. The zero-order chi connectivity index (χ0) is 12.3. The van der Waals surface area contributed by atoms with Crippen LogP contribution in [0.25, 0.3) is 0 Å². The molecule has 2 atom stereocenters. The van der Waals surface area contributed by atoms with Crippen LogP contribution in [0.4, 0.5) is 5.69 Å². The highest BCUT2D eigenvalue weighted by Gasteiger charge is 2.21. The van der Waals surface area contributed by atoms with Gasteiger partial charge in [0.2, 0.25) is 0 Å². The zero-order valence-electron chi connectivity index (χ0n) is 9.98. The molecule has 1 aliphatic rings. The molecule has 17 heavy (non-hydrogen) atoms. The average Bonchev–Trinajstić information content (AvgIpc) is 2.75. The van der Waals surface area contributed by atoms with Crippen LogP contribution in [-0.4, -0.2) is 25.2 Å². The van der Waals surface area contributed by atoms with Gasteiger partial charge in [-0.1, -0.05) is 0 Å². The molecule has 2 rings (SSSR count). The molecule has 4 nitrogen and oxygen atoms in total. The van der Waals surface area contributed by atoms with Crippen molar-refractivity contribution in [3.05, 3.63) is 29.8 Å². The molecular weight excluding hydrogens is 216 g/mol. The Hall–Kier alpha value is -1.55. The van der Waals surface area contributed by atoms with Crippen molar-refractivity contribution in [2.45, 2.75) is 31.3 Å². The Morgan fingerprint density at radius 2 is 2.06 bits per heavy atom. The van der Waals surface area contributed by atoms with Gasteiger partial charge in [0, 0.05) is 17.8 Å². The highest BCUT2D eigenvalue weighted by Crippen LogP contribution is 2.22. The third-order valence-corrected chi connectivity index (χ3v) is 3.15. The van der Waals surface area contributed by atoms with Gasteiger partial charge in [-0.2, -0.15) is 0 Å². The molecule has 1 aromatic rings. The van der Waals surface area contributed by atoms with Crippen LogP contribution in [0.15, 0.2) is 24.3 Å². The summed E-state index contributed by atoms with van der Waals surface area (Å²) in [6.45, 7) is 0. The minimum atomic E-state index is -0.306. The molecule has 1 fully saturated rings. The van der Waals surface area contributed by atoms with Crippen LogP contribution in [0.5, 0.6) is 0 Å². The summed E-state index contributed by atoms with van der Waals surface area (Å²) in [7, 11) is 1.38. The normalized spacial score (nSPS) is 23.4. The molecule has 0 radical (unpaired) electrons. The Balaban J connectivity index is 1.96. The zero-order valence-corrected chi connectivity index (χ0v) is 9.98. The van der Waals surface area contributed by atoms with Gasteiger partial charge in [-0.05, 0) is 43.5 Å². The standard InChI is InChI=1S/C13H18N2O2/c1-17-13(16)9-2-5-11(6-3-9)15-12-7-4-10(14)8-12/h2-3,5-6,10,12,15H,4,7-8,14H2,1H3. The highest BCUT2D eigenvalue weighted by atomic mass is 16.5. The SMILES string of the molecule is COC(=O)c1ccc(NC2CCC(N)C2)cc1. The van der Waals surface area contributed by atoms with Crippen LogP contribution in [0.2, 0.25) is 0 Å². The third kappa shape index (κ3) is 2.97. The number of ether oxygens (including phenoxy) is 1. The van der Waals surface area contributed by atoms with Crippen molar-refractivity contribution in [2.75, 3.05) is 12.4 Å². The second-order valence-corrected chi connectivity index (χ2v) is 4.48. The van der Waals surface area contributed by atoms with Crippen molar-refractivity contribution in [3.63, 3.8) is 0 Å². The van der Waals surface area contributed by atoms with Crippen LogP contribution < -0.4 is 11.1 Å². The van der Waals surface area contributed by atoms with Gasteiger partial charge >= 0.3 is 5.97 Å². The molecule has 0 saturated heterocycles. The number of benzene rings is 1. The molecule has 1 aromatic carbocycles. The van der Waals surface area contributed by atoms with Crippen molar-refractivity contribution in [3.8, 4) is 0 Å². The van der Waals surface area contributed by atoms with Crippen molar-refractivity contribution in [1.29, 1.82) is 0 Å². The van der Waals surface area contributed by atoms with Crippen LogP contribution in [0.1, 0.15) is 29.6 Å². The van der Waals surface area contributed by atoms with Crippen molar-refractivity contribution < 1.29 is 9.53 Å². The van der Waals surface area contributed by atoms with Gasteiger partial charge in [0.05, 0.1) is 12.7 Å². The van der Waals surface area contributed by atoms with E-state index in [1.165, 1.54) is 7.11 Å². The number of rotatable bonds is 3. The first-order chi connectivity index (χ1) is 8.19. The predicted octanol–water partition coefficient (Wildman–Crippen LogP) is 1.76. The lowest BCUT2D eigenvalue weighted by Crippen LogP contribution is -2.20. The number of hydrogen-bond acceptors (Lipinski definition) is 4. The highest BCUT2D eigenvalue weighted by molar-refractivity contribution is 5.89. The number of carbonyl (C=O) groups excluding carboxylic acids is 1. The van der Waals surface area contributed by atoms with Crippen LogP contribution in [-0.2, 0) is 4.74 Å². The summed E-state index contributed by atoms with van der Waals surface area (Å²) in [5, 5.41) is 3.42. The van der Waals surface area contributed by atoms with E-state index in [0.717, 1.165) is 24.9 Å². The van der Waals surface area contributed by atoms with Gasteiger partial charge in [-0.15, -0.1) is 0 Å². The monoisotopic (exact) mass is 234 g/mol. The minimum absolute atomic E-state index is 0.306. The van der Waals surface area contributed by atoms with Gasteiger partial charge in [0.15, 0.2) is 0 Å². The Bertz CT molecular complexity index is 389.